The van der Waals surface area contributed by atoms with E-state index in [0.29, 0.717) is 12.4 Å². The molecule has 6 heteroatoms. The van der Waals surface area contributed by atoms with Crippen molar-refractivity contribution in [3.8, 4) is 0 Å². The maximum atomic E-state index is 11.8. The second-order valence-electron chi connectivity index (χ2n) is 4.05. The van der Waals surface area contributed by atoms with Crippen LogP contribution >= 0.6 is 22.9 Å². The van der Waals surface area contributed by atoms with E-state index < -0.39 is 0 Å². The Morgan fingerprint density at radius 3 is 2.78 bits per heavy atom. The number of hydrogen-bond acceptors (Lipinski definition) is 4. The van der Waals surface area contributed by atoms with Crippen LogP contribution < -0.4 is 5.56 Å². The van der Waals surface area contributed by atoms with Gasteiger partial charge < -0.3 is 0 Å². The first-order valence-corrected chi connectivity index (χ1v) is 7.06. The molecule has 0 aliphatic heterocycles. The van der Waals surface area contributed by atoms with Gasteiger partial charge in [-0.1, -0.05) is 0 Å². The minimum atomic E-state index is -0.00544. The molecule has 0 bridgehead atoms. The van der Waals surface area contributed by atoms with Gasteiger partial charge in [0.1, 0.15) is 5.82 Å². The molecule has 0 aliphatic carbocycles. The summed E-state index contributed by atoms with van der Waals surface area (Å²) in [5, 5.41) is 2.95. The van der Waals surface area contributed by atoms with E-state index >= 15 is 0 Å². The molecular weight excluding hydrogens is 270 g/mol. The number of nitrogens with zero attached hydrogens (tertiary/aromatic N) is 3. The lowest BCUT2D eigenvalue weighted by Gasteiger charge is -2.08. The van der Waals surface area contributed by atoms with E-state index in [1.807, 2.05) is 19.2 Å². The van der Waals surface area contributed by atoms with Crippen LogP contribution in [-0.2, 0) is 18.8 Å². The fraction of sp³-hybridized carbons (Fsp3) is 0.417. The molecule has 0 spiro atoms. The van der Waals surface area contributed by atoms with E-state index in [4.69, 9.17) is 11.6 Å². The van der Waals surface area contributed by atoms with Crippen molar-refractivity contribution in [1.82, 2.24) is 14.5 Å². The topological polar surface area (TPSA) is 47.8 Å². The van der Waals surface area contributed by atoms with E-state index in [0.717, 1.165) is 28.6 Å². The van der Waals surface area contributed by atoms with Gasteiger partial charge >= 0.3 is 0 Å². The molecule has 0 N–H and O–H groups in total. The van der Waals surface area contributed by atoms with E-state index in [1.165, 1.54) is 0 Å². The molecule has 2 aromatic rings. The summed E-state index contributed by atoms with van der Waals surface area (Å²) in [6.45, 7) is 4.28. The average molecular weight is 284 g/mol. The predicted octanol–water partition coefficient (Wildman–Crippen LogP) is 2.30. The summed E-state index contributed by atoms with van der Waals surface area (Å²) < 4.78 is 1.68. The molecule has 2 heterocycles. The molecule has 4 nitrogen and oxygen atoms in total. The number of alkyl halides is 1. The number of halogens is 1. The standard InChI is InChI=1S/C12H14ClN3OS/c1-8-5-12(17)16(9(2)14-8)4-3-11-15-10(6-13)7-18-11/h5,7H,3-4,6H2,1-2H3. The van der Waals surface area contributed by atoms with Gasteiger partial charge in [0.05, 0.1) is 16.6 Å². The van der Waals surface area contributed by atoms with Crippen LogP contribution in [0.15, 0.2) is 16.2 Å². The van der Waals surface area contributed by atoms with Crippen LogP contribution in [0.5, 0.6) is 0 Å². The van der Waals surface area contributed by atoms with E-state index in [2.05, 4.69) is 9.97 Å². The minimum absolute atomic E-state index is 0.00544. The molecule has 0 saturated carbocycles. The molecule has 0 radical (unpaired) electrons. The lowest BCUT2D eigenvalue weighted by atomic mass is 10.3. The summed E-state index contributed by atoms with van der Waals surface area (Å²) in [5.74, 6) is 1.18. The summed E-state index contributed by atoms with van der Waals surface area (Å²) in [6, 6.07) is 1.55. The summed E-state index contributed by atoms with van der Waals surface area (Å²) in [6.07, 6.45) is 0.729. The summed E-state index contributed by atoms with van der Waals surface area (Å²) >= 11 is 7.28. The fourth-order valence-electron chi connectivity index (χ4n) is 1.77. The Morgan fingerprint density at radius 2 is 2.17 bits per heavy atom. The maximum Gasteiger partial charge on any atom is 0.253 e. The van der Waals surface area contributed by atoms with Crippen LogP contribution in [-0.4, -0.2) is 14.5 Å². The van der Waals surface area contributed by atoms with E-state index in [9.17, 15) is 4.79 Å². The molecular formula is C12H14ClN3OS. The quantitative estimate of drug-likeness (QED) is 0.809. The van der Waals surface area contributed by atoms with Crippen LogP contribution in [0.25, 0.3) is 0 Å². The highest BCUT2D eigenvalue weighted by Gasteiger charge is 2.05. The van der Waals surface area contributed by atoms with Crippen LogP contribution in [0.1, 0.15) is 22.2 Å². The summed E-state index contributed by atoms with van der Waals surface area (Å²) in [7, 11) is 0. The monoisotopic (exact) mass is 283 g/mol. The third-order valence-corrected chi connectivity index (χ3v) is 3.84. The number of aryl methyl sites for hydroxylation is 3. The van der Waals surface area contributed by atoms with Crippen molar-refractivity contribution < 1.29 is 0 Å². The van der Waals surface area contributed by atoms with Gasteiger partial charge in [0, 0.05) is 30.1 Å². The first-order valence-electron chi connectivity index (χ1n) is 5.64. The molecule has 0 saturated heterocycles. The molecule has 2 rings (SSSR count). The lowest BCUT2D eigenvalue weighted by molar-refractivity contribution is 0.624. The van der Waals surface area contributed by atoms with E-state index in [-0.39, 0.29) is 5.56 Å². The van der Waals surface area contributed by atoms with Crippen LogP contribution in [0.3, 0.4) is 0 Å². The molecule has 0 aromatic carbocycles. The van der Waals surface area contributed by atoms with Crippen molar-refractivity contribution in [2.24, 2.45) is 0 Å². The first kappa shape index (κ1) is 13.2. The van der Waals surface area contributed by atoms with Gasteiger partial charge in [-0.15, -0.1) is 22.9 Å². The van der Waals surface area contributed by atoms with Crippen LogP contribution in [0.4, 0.5) is 0 Å². The molecule has 18 heavy (non-hydrogen) atoms. The van der Waals surface area contributed by atoms with Gasteiger partial charge in [0.15, 0.2) is 0 Å². The fourth-order valence-corrected chi connectivity index (χ4v) is 2.78. The van der Waals surface area contributed by atoms with Gasteiger partial charge in [0.2, 0.25) is 0 Å². The van der Waals surface area contributed by atoms with Gasteiger partial charge in [-0.25, -0.2) is 9.97 Å². The maximum absolute atomic E-state index is 11.8. The highest BCUT2D eigenvalue weighted by Crippen LogP contribution is 2.12. The van der Waals surface area contributed by atoms with Crippen molar-refractivity contribution in [3.63, 3.8) is 0 Å². The van der Waals surface area contributed by atoms with E-state index in [1.54, 1.807) is 22.0 Å². The summed E-state index contributed by atoms with van der Waals surface area (Å²) in [4.78, 5) is 20.5. The molecule has 96 valence electrons. The number of aromatic nitrogens is 3. The highest BCUT2D eigenvalue weighted by molar-refractivity contribution is 7.09. The van der Waals surface area contributed by atoms with Crippen LogP contribution in [0.2, 0.25) is 0 Å². The molecule has 0 aliphatic rings. The minimum Gasteiger partial charge on any atom is -0.296 e. The Kier molecular flexibility index (Phi) is 4.14. The zero-order valence-electron chi connectivity index (χ0n) is 10.3. The predicted molar refractivity (Wildman–Crippen MR) is 73.3 cm³/mol. The number of rotatable bonds is 4. The van der Waals surface area contributed by atoms with Crippen molar-refractivity contribution in [2.75, 3.05) is 0 Å². The molecule has 0 unspecified atom stereocenters. The zero-order chi connectivity index (χ0) is 13.1. The van der Waals surface area contributed by atoms with Crippen molar-refractivity contribution >= 4 is 22.9 Å². The van der Waals surface area contributed by atoms with Crippen molar-refractivity contribution in [1.29, 1.82) is 0 Å². The second kappa shape index (κ2) is 5.63. The Morgan fingerprint density at radius 1 is 1.39 bits per heavy atom. The Bertz CT molecular complexity index is 606. The average Bonchev–Trinajstić information content (AvgIpc) is 2.75. The molecule has 0 fully saturated rings. The third-order valence-electron chi connectivity index (χ3n) is 2.61. The Balaban J connectivity index is 2.13. The number of hydrogen-bond donors (Lipinski definition) is 0. The second-order valence-corrected chi connectivity index (χ2v) is 5.26. The largest absolute Gasteiger partial charge is 0.296 e. The summed E-state index contributed by atoms with van der Waals surface area (Å²) in [5.41, 5.74) is 1.64. The Labute approximate surface area is 114 Å². The SMILES string of the molecule is Cc1cc(=O)n(CCc2nc(CCl)cs2)c(C)n1. The van der Waals surface area contributed by atoms with Crippen LogP contribution in [0, 0.1) is 13.8 Å². The smallest absolute Gasteiger partial charge is 0.253 e. The van der Waals surface area contributed by atoms with Gasteiger partial charge in [-0.2, -0.15) is 0 Å². The highest BCUT2D eigenvalue weighted by atomic mass is 35.5. The van der Waals surface area contributed by atoms with Gasteiger partial charge in [0.25, 0.3) is 5.56 Å². The lowest BCUT2D eigenvalue weighted by Crippen LogP contribution is -2.24. The Hall–Kier alpha value is -1.20. The third kappa shape index (κ3) is 2.97. The van der Waals surface area contributed by atoms with Crippen molar-refractivity contribution in [3.05, 3.63) is 44.0 Å². The van der Waals surface area contributed by atoms with Crippen molar-refractivity contribution in [2.45, 2.75) is 32.7 Å². The normalized spacial score (nSPS) is 10.8. The first-order chi connectivity index (χ1) is 8.60. The zero-order valence-corrected chi connectivity index (χ0v) is 11.9. The molecule has 0 amide bonds. The molecule has 2 aromatic heterocycles. The number of thiazole rings is 1. The molecule has 0 atom stereocenters. The van der Waals surface area contributed by atoms with Gasteiger partial charge in [-0.3, -0.25) is 9.36 Å². The van der Waals surface area contributed by atoms with Gasteiger partial charge in [-0.05, 0) is 13.8 Å².